The maximum absolute atomic E-state index is 5.04. The van der Waals surface area contributed by atoms with Crippen molar-refractivity contribution in [2.75, 3.05) is 14.1 Å². The van der Waals surface area contributed by atoms with E-state index in [1.165, 1.54) is 0 Å². The van der Waals surface area contributed by atoms with Crippen molar-refractivity contribution in [3.63, 3.8) is 0 Å². The molecule has 0 unspecified atom stereocenters. The van der Waals surface area contributed by atoms with E-state index < -0.39 is 0 Å². The number of hydrazone groups is 2. The van der Waals surface area contributed by atoms with Crippen molar-refractivity contribution in [1.82, 2.24) is 21.5 Å². The molecule has 20 heteroatoms. The summed E-state index contributed by atoms with van der Waals surface area (Å²) in [5.74, 6) is 0. The van der Waals surface area contributed by atoms with E-state index in [-0.39, 0.29) is 59.6 Å². The maximum Gasteiger partial charge on any atom is 2.00 e. The molecule has 0 fully saturated rings. The van der Waals surface area contributed by atoms with Crippen molar-refractivity contribution in [3.8, 4) is 0 Å². The smallest absolute Gasteiger partial charge is 0.741 e. The molecular formula is C18H28N14S4Zn2. The molecule has 4 N–H and O–H groups in total. The fourth-order valence-electron chi connectivity index (χ4n) is 1.40. The summed E-state index contributed by atoms with van der Waals surface area (Å²) in [6.45, 7) is 6.90. The van der Waals surface area contributed by atoms with Gasteiger partial charge in [0.15, 0.2) is 0 Å². The third-order valence-corrected chi connectivity index (χ3v) is 4.48. The molecule has 198 valence electrons. The summed E-state index contributed by atoms with van der Waals surface area (Å²) in [5, 5.41) is 45.1. The summed E-state index contributed by atoms with van der Waals surface area (Å²) in [5.41, 5.74) is 7.36. The molecule has 38 heavy (non-hydrogen) atoms. The van der Waals surface area contributed by atoms with Crippen molar-refractivity contribution >= 4 is 106 Å². The minimum atomic E-state index is 0. The van der Waals surface area contributed by atoms with E-state index in [0.29, 0.717) is 35.7 Å². The monoisotopic (exact) mass is 696 g/mol. The molecule has 0 radical (unpaired) electrons. The number of hydrogen-bond acceptors (Lipinski definition) is 14. The van der Waals surface area contributed by atoms with Crippen LogP contribution < -0.4 is 21.5 Å². The fraction of sp³-hybridized carbons (Fsp3) is 0.444. The van der Waals surface area contributed by atoms with Gasteiger partial charge in [0, 0.05) is 36.9 Å². The first-order valence-electron chi connectivity index (χ1n) is 10.2. The third kappa shape index (κ3) is 22.1. The summed E-state index contributed by atoms with van der Waals surface area (Å²) in [4.78, 5) is 0. The molecule has 0 aliphatic heterocycles. The molecule has 0 aromatic heterocycles. The number of nitrogens with zero attached hydrogens (tertiary/aromatic N) is 10. The van der Waals surface area contributed by atoms with Crippen LogP contribution in [-0.4, -0.2) is 70.0 Å². The van der Waals surface area contributed by atoms with E-state index in [4.69, 9.17) is 50.5 Å². The standard InChI is InChI=1S/C18H32N14S4.2Zn/c1-11(23-29-15(33)19-5)13(3)25-31-17(35)27-21-9-7-8-10-22-28-18(36)32-26-14(4)12(2)24-30-16(34)20-6;;/h9-10H,7-8H2,1-6H3,(H2,19,29,33)(H2,20,30,34)(H2,27,31,35)(H2,28,32,36);;/q;2*+2/p-4/b21-9+,22-10+,23-11+,24-12+,25-13+,26-14+;;. The molecule has 0 bridgehead atoms. The average molecular weight is 700 g/mol. The molecule has 0 aliphatic rings. The van der Waals surface area contributed by atoms with Gasteiger partial charge in [-0.2, -0.15) is 51.0 Å². The molecular weight excluding hydrogens is 671 g/mol. The molecule has 0 rings (SSSR count). The largest absolute Gasteiger partial charge is 2.00 e. The van der Waals surface area contributed by atoms with E-state index in [1.54, 1.807) is 54.2 Å². The molecule has 14 nitrogen and oxygen atoms in total. The summed E-state index contributed by atoms with van der Waals surface area (Å²) >= 11 is 19.8. The Balaban J connectivity index is -0.00000612. The Labute approximate surface area is 270 Å². The molecule has 0 aromatic rings. The SMILES string of the molecule is CN/C([S-])=N/N=C(C)/C(C)=N/N=C(\[S-])N/N=C/CC/C=N/N/C([S-])=N/N=C(C)/C(C)=N/N=C(\[S-])NC.[Zn+2].[Zn+2]. The minimum Gasteiger partial charge on any atom is -0.741 e. The second-order valence-corrected chi connectivity index (χ2v) is 7.83. The molecule has 0 amide bonds. The van der Waals surface area contributed by atoms with Crippen molar-refractivity contribution < 1.29 is 39.0 Å². The van der Waals surface area contributed by atoms with Crippen molar-refractivity contribution in [2.24, 2.45) is 51.0 Å². The van der Waals surface area contributed by atoms with Crippen LogP contribution in [0.25, 0.3) is 0 Å². The van der Waals surface area contributed by atoms with E-state index in [0.717, 1.165) is 0 Å². The molecule has 0 spiro atoms. The Morgan fingerprint density at radius 2 is 0.763 bits per heavy atom. The zero-order valence-electron chi connectivity index (χ0n) is 22.1. The van der Waals surface area contributed by atoms with Crippen LogP contribution in [0, 0.1) is 0 Å². The number of amidine groups is 4. The van der Waals surface area contributed by atoms with Gasteiger partial charge in [0.05, 0.1) is 22.8 Å². The molecule has 0 atom stereocenters. The first-order chi connectivity index (χ1) is 17.1. The van der Waals surface area contributed by atoms with E-state index >= 15 is 0 Å². The van der Waals surface area contributed by atoms with Crippen LogP contribution in [0.2, 0.25) is 0 Å². The quantitative estimate of drug-likeness (QED) is 0.0602. The van der Waals surface area contributed by atoms with Crippen molar-refractivity contribution in [3.05, 3.63) is 0 Å². The Kier molecular flexibility index (Phi) is 27.0. The second-order valence-electron chi connectivity index (χ2n) is 6.29. The predicted molar refractivity (Wildman–Crippen MR) is 162 cm³/mol. The van der Waals surface area contributed by atoms with Gasteiger partial charge in [0.1, 0.15) is 0 Å². The van der Waals surface area contributed by atoms with Crippen LogP contribution in [0.1, 0.15) is 40.5 Å². The fourth-order valence-corrected chi connectivity index (χ4v) is 1.66. The summed E-state index contributed by atoms with van der Waals surface area (Å²) in [7, 11) is 3.32. The van der Waals surface area contributed by atoms with Gasteiger partial charge in [-0.1, -0.05) is 0 Å². The van der Waals surface area contributed by atoms with Crippen LogP contribution in [0.4, 0.5) is 0 Å². The number of nitrogens with one attached hydrogen (secondary N) is 4. The Bertz CT molecular complexity index is 937. The average Bonchev–Trinajstić information content (AvgIpc) is 2.88. The van der Waals surface area contributed by atoms with Crippen molar-refractivity contribution in [2.45, 2.75) is 40.5 Å². The van der Waals surface area contributed by atoms with Gasteiger partial charge in [-0.25, -0.2) is 0 Å². The molecule has 0 saturated carbocycles. The van der Waals surface area contributed by atoms with Gasteiger partial charge in [0.2, 0.25) is 0 Å². The predicted octanol–water partition coefficient (Wildman–Crippen LogP) is 0.466. The first kappa shape index (κ1) is 40.5. The first-order valence-corrected chi connectivity index (χ1v) is 11.8. The zero-order chi connectivity index (χ0) is 27.3. The summed E-state index contributed by atoms with van der Waals surface area (Å²) < 4.78 is 0. The molecule has 0 heterocycles. The van der Waals surface area contributed by atoms with Gasteiger partial charge in [0.25, 0.3) is 0 Å². The van der Waals surface area contributed by atoms with Crippen LogP contribution >= 0.6 is 0 Å². The van der Waals surface area contributed by atoms with Crippen LogP contribution in [0.5, 0.6) is 0 Å². The van der Waals surface area contributed by atoms with Crippen LogP contribution in [0.15, 0.2) is 51.0 Å². The molecule has 0 aromatic carbocycles. The second kappa shape index (κ2) is 25.3. The Morgan fingerprint density at radius 1 is 0.500 bits per heavy atom. The van der Waals surface area contributed by atoms with E-state index in [2.05, 4.69) is 72.5 Å². The van der Waals surface area contributed by atoms with Gasteiger partial charge >= 0.3 is 39.0 Å². The topological polar surface area (TPSA) is 172 Å². The molecule has 0 saturated heterocycles. The summed E-state index contributed by atoms with van der Waals surface area (Å²) in [6.07, 6.45) is 4.43. The maximum atomic E-state index is 5.04. The van der Waals surface area contributed by atoms with Crippen LogP contribution in [0.3, 0.4) is 0 Å². The Hall–Kier alpha value is -1.97. The third-order valence-electron chi connectivity index (χ3n) is 3.57. The van der Waals surface area contributed by atoms with E-state index in [1.807, 2.05) is 0 Å². The van der Waals surface area contributed by atoms with E-state index in [9.17, 15) is 0 Å². The number of unbranched alkanes of at least 4 members (excludes halogenated alkanes) is 1. The van der Waals surface area contributed by atoms with Crippen LogP contribution in [-0.2, 0) is 89.5 Å². The Morgan fingerprint density at radius 3 is 1.03 bits per heavy atom. The van der Waals surface area contributed by atoms with Gasteiger partial charge in [-0.3, -0.25) is 10.9 Å². The zero-order valence-corrected chi connectivity index (χ0v) is 31.3. The minimum absolute atomic E-state index is 0. The number of hydrogen-bond donors (Lipinski definition) is 4. The van der Waals surface area contributed by atoms with Crippen molar-refractivity contribution in [1.29, 1.82) is 0 Å². The van der Waals surface area contributed by atoms with Gasteiger partial charge in [-0.05, 0) is 50.9 Å². The molecule has 0 aliphatic carbocycles. The summed E-state index contributed by atoms with van der Waals surface area (Å²) in [6, 6.07) is 0. The van der Waals surface area contributed by atoms with Gasteiger partial charge in [-0.15, -0.1) is 0 Å². The normalized spacial score (nSPS) is 14.8. The van der Waals surface area contributed by atoms with Gasteiger partial charge < -0.3 is 61.1 Å². The number of rotatable bonds is 11.